The first-order chi connectivity index (χ1) is 14.4. The first-order valence-corrected chi connectivity index (χ1v) is 9.98. The van der Waals surface area contributed by atoms with E-state index in [4.69, 9.17) is 20.0 Å². The molecule has 160 valence electrons. The number of oxime groups is 1. The van der Waals surface area contributed by atoms with Gasteiger partial charge in [-0.1, -0.05) is 5.16 Å². The first kappa shape index (κ1) is 20.1. The largest absolute Gasteiger partial charge is 0.490 e. The predicted molar refractivity (Wildman–Crippen MR) is 102 cm³/mol. The van der Waals surface area contributed by atoms with Gasteiger partial charge in [0.15, 0.2) is 22.3 Å². The summed E-state index contributed by atoms with van der Waals surface area (Å²) in [7, 11) is 1.27. The van der Waals surface area contributed by atoms with Gasteiger partial charge in [0.05, 0.1) is 0 Å². The third-order valence-corrected chi connectivity index (χ3v) is 5.65. The standard InChI is InChI=1S/C17H19N5O7S/c1-27-21-10(7-6-30-17(18)19-7)14(23)20-11-8-5-29-13(9-3-2-4-28-9)12(16(25)26)22(8)15(11)24/h6,8-9,11H,2-5H2,1H3,(H2,18,19)(H,20,23)(H,25,26)/b21-10+/t8-,9?,11+/m1/s1. The number of nitrogens with zero attached hydrogens (tertiary/aromatic N) is 3. The maximum atomic E-state index is 12.7. The number of thiazole rings is 1. The molecule has 4 N–H and O–H groups in total. The summed E-state index contributed by atoms with van der Waals surface area (Å²) < 4.78 is 11.2. The van der Waals surface area contributed by atoms with Crippen LogP contribution in [0.15, 0.2) is 22.0 Å². The maximum absolute atomic E-state index is 12.7. The molecule has 2 fully saturated rings. The Morgan fingerprint density at radius 3 is 2.90 bits per heavy atom. The summed E-state index contributed by atoms with van der Waals surface area (Å²) in [6.45, 7) is 0.534. The molecule has 1 aromatic rings. The van der Waals surface area contributed by atoms with Gasteiger partial charge in [0.1, 0.15) is 37.6 Å². The van der Waals surface area contributed by atoms with E-state index in [2.05, 4.69) is 15.5 Å². The number of hydrogen-bond donors (Lipinski definition) is 3. The summed E-state index contributed by atoms with van der Waals surface area (Å²) in [5.74, 6) is -2.40. The second kappa shape index (κ2) is 7.91. The van der Waals surface area contributed by atoms with E-state index in [1.165, 1.54) is 12.5 Å². The zero-order valence-corrected chi connectivity index (χ0v) is 16.7. The van der Waals surface area contributed by atoms with Gasteiger partial charge in [0.2, 0.25) is 0 Å². The lowest BCUT2D eigenvalue weighted by molar-refractivity contribution is -0.161. The summed E-state index contributed by atoms with van der Waals surface area (Å²) in [6, 6.07) is -1.64. The van der Waals surface area contributed by atoms with Crippen LogP contribution < -0.4 is 11.1 Å². The van der Waals surface area contributed by atoms with Crippen molar-refractivity contribution in [3.63, 3.8) is 0 Å². The van der Waals surface area contributed by atoms with Crippen LogP contribution in [0.5, 0.6) is 0 Å². The van der Waals surface area contributed by atoms with Crippen molar-refractivity contribution < 1.29 is 33.8 Å². The van der Waals surface area contributed by atoms with Gasteiger partial charge in [-0.3, -0.25) is 14.5 Å². The average molecular weight is 437 g/mol. The number of aliphatic carboxylic acids is 1. The number of β-lactam (4-membered cyclic amide) rings is 1. The van der Waals surface area contributed by atoms with Gasteiger partial charge in [-0.25, -0.2) is 9.78 Å². The maximum Gasteiger partial charge on any atom is 0.356 e. The number of aromatic nitrogens is 1. The summed E-state index contributed by atoms with van der Waals surface area (Å²) in [4.78, 5) is 47.1. The van der Waals surface area contributed by atoms with Gasteiger partial charge in [0.25, 0.3) is 11.8 Å². The molecule has 13 heteroatoms. The van der Waals surface area contributed by atoms with Crippen molar-refractivity contribution in [1.82, 2.24) is 15.2 Å². The van der Waals surface area contributed by atoms with Crippen LogP contribution in [-0.4, -0.2) is 77.0 Å². The summed E-state index contributed by atoms with van der Waals surface area (Å²) in [5.41, 5.74) is 5.41. The molecule has 0 aliphatic carbocycles. The number of nitrogens with two attached hydrogens (primary N) is 1. The smallest absolute Gasteiger partial charge is 0.356 e. The highest BCUT2D eigenvalue weighted by Gasteiger charge is 2.56. The molecule has 3 atom stereocenters. The summed E-state index contributed by atoms with van der Waals surface area (Å²) in [5, 5.41) is 17.7. The quantitative estimate of drug-likeness (QED) is 0.296. The van der Waals surface area contributed by atoms with E-state index < -0.39 is 36.0 Å². The minimum atomic E-state index is -1.29. The van der Waals surface area contributed by atoms with Crippen molar-refractivity contribution in [1.29, 1.82) is 0 Å². The molecule has 12 nitrogen and oxygen atoms in total. The highest BCUT2D eigenvalue weighted by Crippen LogP contribution is 2.36. The van der Waals surface area contributed by atoms with Crippen LogP contribution in [0.2, 0.25) is 0 Å². The van der Waals surface area contributed by atoms with Crippen molar-refractivity contribution in [2.45, 2.75) is 31.0 Å². The number of carboxylic acids is 1. The molecule has 4 heterocycles. The molecule has 1 unspecified atom stereocenters. The molecule has 2 saturated heterocycles. The molecule has 4 rings (SSSR count). The number of rotatable bonds is 6. The number of carbonyl (C=O) groups is 3. The molecule has 1 aromatic heterocycles. The molecular weight excluding hydrogens is 418 g/mol. The van der Waals surface area contributed by atoms with E-state index in [9.17, 15) is 19.5 Å². The zero-order chi connectivity index (χ0) is 21.4. The Labute approximate surface area is 174 Å². The van der Waals surface area contributed by atoms with Crippen molar-refractivity contribution in [3.05, 3.63) is 22.5 Å². The number of ether oxygens (including phenoxy) is 2. The van der Waals surface area contributed by atoms with Gasteiger partial charge in [0, 0.05) is 12.0 Å². The minimum Gasteiger partial charge on any atom is -0.490 e. The third kappa shape index (κ3) is 3.35. The van der Waals surface area contributed by atoms with Gasteiger partial charge in [-0.05, 0) is 12.8 Å². The molecule has 0 saturated carbocycles. The Bertz CT molecular complexity index is 952. The third-order valence-electron chi connectivity index (χ3n) is 4.98. The SMILES string of the molecule is CO/N=C(/C(=O)N[C@@H]1C(=O)N2C(C(=O)O)=C(C3CCCO3)OC[C@H]12)c1csc(N)n1. The Morgan fingerprint density at radius 1 is 1.50 bits per heavy atom. The lowest BCUT2D eigenvalue weighted by Crippen LogP contribution is -2.74. The van der Waals surface area contributed by atoms with E-state index in [0.29, 0.717) is 13.0 Å². The number of nitrogen functional groups attached to an aromatic ring is 1. The number of nitrogens with one attached hydrogen (secondary N) is 1. The first-order valence-electron chi connectivity index (χ1n) is 9.10. The van der Waals surface area contributed by atoms with Crippen LogP contribution in [0.4, 0.5) is 5.13 Å². The number of hydrogen-bond acceptors (Lipinski definition) is 10. The molecule has 0 aromatic carbocycles. The fourth-order valence-corrected chi connectivity index (χ4v) is 4.20. The molecule has 30 heavy (non-hydrogen) atoms. The van der Waals surface area contributed by atoms with E-state index in [1.54, 1.807) is 0 Å². The van der Waals surface area contributed by atoms with E-state index >= 15 is 0 Å². The van der Waals surface area contributed by atoms with E-state index in [0.717, 1.165) is 22.7 Å². The Kier molecular flexibility index (Phi) is 5.30. The zero-order valence-electron chi connectivity index (χ0n) is 15.9. The van der Waals surface area contributed by atoms with Gasteiger partial charge >= 0.3 is 5.97 Å². The van der Waals surface area contributed by atoms with Gasteiger partial charge < -0.3 is 30.5 Å². The topological polar surface area (TPSA) is 166 Å². The van der Waals surface area contributed by atoms with Crippen LogP contribution >= 0.6 is 11.3 Å². The number of carbonyl (C=O) groups excluding carboxylic acids is 2. The lowest BCUT2D eigenvalue weighted by atomic mass is 9.91. The Morgan fingerprint density at radius 2 is 2.30 bits per heavy atom. The molecule has 3 aliphatic rings. The second-order valence-electron chi connectivity index (χ2n) is 6.75. The van der Waals surface area contributed by atoms with Crippen molar-refractivity contribution in [3.8, 4) is 0 Å². The van der Waals surface area contributed by atoms with Crippen molar-refractivity contribution in [2.24, 2.45) is 5.16 Å². The molecule has 2 amide bonds. The van der Waals surface area contributed by atoms with Crippen LogP contribution in [0.3, 0.4) is 0 Å². The summed E-state index contributed by atoms with van der Waals surface area (Å²) >= 11 is 1.12. The second-order valence-corrected chi connectivity index (χ2v) is 7.64. The normalized spacial score (nSPS) is 26.0. The fraction of sp³-hybridized carbons (Fsp3) is 0.471. The molecule has 0 radical (unpaired) electrons. The monoisotopic (exact) mass is 437 g/mol. The Hall–Kier alpha value is -3.19. The van der Waals surface area contributed by atoms with Gasteiger partial charge in [-0.2, -0.15) is 0 Å². The highest BCUT2D eigenvalue weighted by atomic mass is 32.1. The van der Waals surface area contributed by atoms with Crippen molar-refractivity contribution >= 4 is 40.0 Å². The molecule has 0 bridgehead atoms. The molecule has 0 spiro atoms. The van der Waals surface area contributed by atoms with Crippen LogP contribution in [-0.2, 0) is 28.7 Å². The average Bonchev–Trinajstić information content (AvgIpc) is 3.40. The van der Waals surface area contributed by atoms with Gasteiger partial charge in [-0.15, -0.1) is 11.3 Å². The fourth-order valence-electron chi connectivity index (χ4n) is 3.65. The molecular formula is C17H19N5O7S. The van der Waals surface area contributed by atoms with Crippen LogP contribution in [0.1, 0.15) is 18.5 Å². The number of carboxylic acid groups (broad SMARTS) is 1. The van der Waals surface area contributed by atoms with E-state index in [-0.39, 0.29) is 34.6 Å². The van der Waals surface area contributed by atoms with Crippen molar-refractivity contribution in [2.75, 3.05) is 26.1 Å². The lowest BCUT2D eigenvalue weighted by Gasteiger charge is -2.49. The number of amides is 2. The predicted octanol–water partition coefficient (Wildman–Crippen LogP) is -0.723. The summed E-state index contributed by atoms with van der Waals surface area (Å²) in [6.07, 6.45) is 0.907. The molecule has 3 aliphatic heterocycles. The highest BCUT2D eigenvalue weighted by molar-refractivity contribution is 7.13. The van der Waals surface area contributed by atoms with Crippen LogP contribution in [0.25, 0.3) is 0 Å². The van der Waals surface area contributed by atoms with Crippen LogP contribution in [0, 0.1) is 0 Å². The number of anilines is 1. The van der Waals surface area contributed by atoms with E-state index in [1.807, 2.05) is 0 Å². The minimum absolute atomic E-state index is 0.0308. The number of fused-ring (bicyclic) bond motifs is 1. The Balaban J connectivity index is 1.53.